The summed E-state index contributed by atoms with van der Waals surface area (Å²) in [5.74, 6) is 0.852. The molecule has 0 saturated heterocycles. The second-order valence-corrected chi connectivity index (χ2v) is 5.49. The van der Waals surface area contributed by atoms with Crippen LogP contribution in [-0.2, 0) is 0 Å². The van der Waals surface area contributed by atoms with Gasteiger partial charge in [0.05, 0.1) is 0 Å². The number of rotatable bonds is 4. The average molecular weight is 183 g/mol. The predicted molar refractivity (Wildman–Crippen MR) is 58.8 cm³/mol. The molecule has 1 aliphatic carbocycles. The number of nitrogens with one attached hydrogen (secondary N) is 1. The van der Waals surface area contributed by atoms with Crippen LogP contribution in [0.25, 0.3) is 0 Å². The SMILES string of the molecule is CCNC(CC)C1C(C)(C)C1(C)C. The van der Waals surface area contributed by atoms with E-state index >= 15 is 0 Å². The second-order valence-electron chi connectivity index (χ2n) is 5.49. The highest BCUT2D eigenvalue weighted by atomic mass is 15.0. The van der Waals surface area contributed by atoms with Gasteiger partial charge < -0.3 is 5.32 Å². The first-order valence-electron chi connectivity index (χ1n) is 5.63. The van der Waals surface area contributed by atoms with E-state index in [-0.39, 0.29) is 0 Å². The van der Waals surface area contributed by atoms with Gasteiger partial charge in [-0.15, -0.1) is 0 Å². The summed E-state index contributed by atoms with van der Waals surface area (Å²) in [5, 5.41) is 3.61. The van der Waals surface area contributed by atoms with Crippen molar-refractivity contribution < 1.29 is 0 Å². The van der Waals surface area contributed by atoms with Crippen molar-refractivity contribution in [3.63, 3.8) is 0 Å². The maximum absolute atomic E-state index is 3.61. The maximum Gasteiger partial charge on any atom is 0.0103 e. The van der Waals surface area contributed by atoms with Gasteiger partial charge in [-0.3, -0.25) is 0 Å². The van der Waals surface area contributed by atoms with Crippen molar-refractivity contribution in [2.75, 3.05) is 6.54 Å². The van der Waals surface area contributed by atoms with Gasteiger partial charge in [0.2, 0.25) is 0 Å². The Morgan fingerprint density at radius 3 is 1.77 bits per heavy atom. The molecule has 1 unspecified atom stereocenters. The van der Waals surface area contributed by atoms with E-state index in [4.69, 9.17) is 0 Å². The van der Waals surface area contributed by atoms with Crippen molar-refractivity contribution in [2.24, 2.45) is 16.7 Å². The lowest BCUT2D eigenvalue weighted by Gasteiger charge is -2.17. The molecule has 0 aromatic heterocycles. The molecule has 1 aliphatic rings. The van der Waals surface area contributed by atoms with Gasteiger partial charge >= 0.3 is 0 Å². The second kappa shape index (κ2) is 3.27. The van der Waals surface area contributed by atoms with E-state index in [0.29, 0.717) is 10.8 Å². The van der Waals surface area contributed by atoms with Crippen molar-refractivity contribution >= 4 is 0 Å². The standard InChI is InChI=1S/C12H25N/c1-7-9(13-8-2)10-11(3,4)12(10,5)6/h9-10,13H,7-8H2,1-6H3. The van der Waals surface area contributed by atoms with Crippen LogP contribution in [-0.4, -0.2) is 12.6 Å². The summed E-state index contributed by atoms with van der Waals surface area (Å²) in [7, 11) is 0. The molecule has 0 aromatic carbocycles. The lowest BCUT2D eigenvalue weighted by atomic mass is 10.0. The van der Waals surface area contributed by atoms with E-state index in [1.165, 1.54) is 6.42 Å². The summed E-state index contributed by atoms with van der Waals surface area (Å²) in [6.45, 7) is 15.2. The third-order valence-electron chi connectivity index (χ3n) is 4.44. The smallest absolute Gasteiger partial charge is 0.0103 e. The summed E-state index contributed by atoms with van der Waals surface area (Å²) in [5.41, 5.74) is 1.05. The minimum Gasteiger partial charge on any atom is -0.314 e. The molecule has 1 nitrogen and oxygen atoms in total. The molecule has 0 bridgehead atoms. The Balaban J connectivity index is 2.64. The number of hydrogen-bond acceptors (Lipinski definition) is 1. The van der Waals surface area contributed by atoms with Gasteiger partial charge in [-0.2, -0.15) is 0 Å². The fraction of sp³-hybridized carbons (Fsp3) is 1.00. The van der Waals surface area contributed by atoms with Gasteiger partial charge in [0.25, 0.3) is 0 Å². The molecule has 0 heterocycles. The fourth-order valence-electron chi connectivity index (χ4n) is 3.01. The molecule has 0 aliphatic heterocycles. The molecule has 1 heteroatoms. The third kappa shape index (κ3) is 1.52. The number of hydrogen-bond donors (Lipinski definition) is 1. The zero-order valence-corrected chi connectivity index (χ0v) is 10.1. The van der Waals surface area contributed by atoms with Crippen molar-refractivity contribution in [1.29, 1.82) is 0 Å². The van der Waals surface area contributed by atoms with Gasteiger partial charge in [-0.25, -0.2) is 0 Å². The normalized spacial score (nSPS) is 27.2. The molecule has 1 rings (SSSR count). The van der Waals surface area contributed by atoms with Crippen LogP contribution in [0.2, 0.25) is 0 Å². The van der Waals surface area contributed by atoms with Crippen LogP contribution < -0.4 is 5.32 Å². The van der Waals surface area contributed by atoms with Crippen LogP contribution >= 0.6 is 0 Å². The fourth-order valence-corrected chi connectivity index (χ4v) is 3.01. The highest BCUT2D eigenvalue weighted by molar-refractivity contribution is 5.15. The predicted octanol–water partition coefficient (Wildman–Crippen LogP) is 3.06. The summed E-state index contributed by atoms with van der Waals surface area (Å²) >= 11 is 0. The Labute approximate surface area is 83.3 Å². The van der Waals surface area contributed by atoms with E-state index in [0.717, 1.165) is 18.5 Å². The summed E-state index contributed by atoms with van der Waals surface area (Å²) in [6.07, 6.45) is 1.26. The molecular formula is C12H25N. The van der Waals surface area contributed by atoms with Gasteiger partial charge in [0.1, 0.15) is 0 Å². The zero-order valence-electron chi connectivity index (χ0n) is 10.1. The van der Waals surface area contributed by atoms with Crippen molar-refractivity contribution in [2.45, 2.75) is 54.0 Å². The third-order valence-corrected chi connectivity index (χ3v) is 4.44. The minimum atomic E-state index is 0.524. The Bertz CT molecular complexity index is 168. The molecule has 1 N–H and O–H groups in total. The molecule has 0 spiro atoms. The monoisotopic (exact) mass is 183 g/mol. The van der Waals surface area contributed by atoms with E-state index in [1.807, 2.05) is 0 Å². The molecule has 0 radical (unpaired) electrons. The molecular weight excluding hydrogens is 158 g/mol. The van der Waals surface area contributed by atoms with Gasteiger partial charge in [-0.1, -0.05) is 41.5 Å². The van der Waals surface area contributed by atoms with Crippen LogP contribution in [0.5, 0.6) is 0 Å². The molecule has 0 amide bonds. The quantitative estimate of drug-likeness (QED) is 0.706. The molecule has 78 valence electrons. The van der Waals surface area contributed by atoms with Gasteiger partial charge in [0.15, 0.2) is 0 Å². The molecule has 1 atom stereocenters. The summed E-state index contributed by atoms with van der Waals surface area (Å²) in [4.78, 5) is 0. The highest BCUT2D eigenvalue weighted by Gasteiger charge is 2.66. The van der Waals surface area contributed by atoms with Crippen molar-refractivity contribution in [3.05, 3.63) is 0 Å². The van der Waals surface area contributed by atoms with Gasteiger partial charge in [-0.05, 0) is 29.7 Å². The zero-order chi connectivity index (χ0) is 10.3. The topological polar surface area (TPSA) is 12.0 Å². The van der Waals surface area contributed by atoms with Gasteiger partial charge in [0, 0.05) is 6.04 Å². The van der Waals surface area contributed by atoms with E-state index in [2.05, 4.69) is 46.9 Å². The molecule has 13 heavy (non-hydrogen) atoms. The van der Waals surface area contributed by atoms with Crippen molar-refractivity contribution in [3.8, 4) is 0 Å². The minimum absolute atomic E-state index is 0.524. The van der Waals surface area contributed by atoms with E-state index in [1.54, 1.807) is 0 Å². The highest BCUT2D eigenvalue weighted by Crippen LogP contribution is 2.69. The molecule has 1 saturated carbocycles. The Hall–Kier alpha value is -0.0400. The first kappa shape index (κ1) is 11.0. The van der Waals surface area contributed by atoms with Crippen LogP contribution in [0.1, 0.15) is 48.0 Å². The van der Waals surface area contributed by atoms with Crippen LogP contribution in [0.15, 0.2) is 0 Å². The van der Waals surface area contributed by atoms with Crippen LogP contribution in [0.3, 0.4) is 0 Å². The Morgan fingerprint density at radius 1 is 1.08 bits per heavy atom. The largest absolute Gasteiger partial charge is 0.314 e. The first-order chi connectivity index (χ1) is 5.89. The van der Waals surface area contributed by atoms with Crippen LogP contribution in [0, 0.1) is 16.7 Å². The van der Waals surface area contributed by atoms with Crippen molar-refractivity contribution in [1.82, 2.24) is 5.32 Å². The Kier molecular flexibility index (Phi) is 2.78. The summed E-state index contributed by atoms with van der Waals surface area (Å²) in [6, 6.07) is 0.718. The lowest BCUT2D eigenvalue weighted by molar-refractivity contribution is 0.395. The van der Waals surface area contributed by atoms with E-state index < -0.39 is 0 Å². The Morgan fingerprint density at radius 2 is 1.54 bits per heavy atom. The lowest BCUT2D eigenvalue weighted by Crippen LogP contribution is -2.32. The van der Waals surface area contributed by atoms with Crippen LogP contribution in [0.4, 0.5) is 0 Å². The first-order valence-corrected chi connectivity index (χ1v) is 5.63. The average Bonchev–Trinajstić information content (AvgIpc) is 2.40. The molecule has 1 fully saturated rings. The maximum atomic E-state index is 3.61. The summed E-state index contributed by atoms with van der Waals surface area (Å²) < 4.78 is 0. The van der Waals surface area contributed by atoms with E-state index in [9.17, 15) is 0 Å². The molecule has 0 aromatic rings.